The first-order valence-corrected chi connectivity index (χ1v) is 11.1. The van der Waals surface area contributed by atoms with Crippen molar-refractivity contribution in [2.24, 2.45) is 7.05 Å². The van der Waals surface area contributed by atoms with Crippen molar-refractivity contribution in [3.8, 4) is 0 Å². The fourth-order valence-electron chi connectivity index (χ4n) is 3.64. The smallest absolute Gasteiger partial charge is 0.329 e. The number of anilines is 2. The second-order valence-corrected chi connectivity index (χ2v) is 8.90. The van der Waals surface area contributed by atoms with Crippen LogP contribution in [-0.4, -0.2) is 40.5 Å². The molecule has 0 saturated carbocycles. The molecule has 33 heavy (non-hydrogen) atoms. The highest BCUT2D eigenvalue weighted by Gasteiger charge is 2.26. The van der Waals surface area contributed by atoms with Crippen LogP contribution in [0.3, 0.4) is 0 Å². The zero-order valence-electron chi connectivity index (χ0n) is 18.0. The number of aromatic amines is 1. The number of hydrogen-bond acceptors (Lipinski definition) is 6. The molecule has 0 aliphatic carbocycles. The molecule has 1 aliphatic rings. The number of benzene rings is 1. The van der Waals surface area contributed by atoms with Crippen LogP contribution >= 0.6 is 11.3 Å². The Balaban J connectivity index is 1.40. The lowest BCUT2D eigenvalue weighted by molar-refractivity contribution is 0.0943. The van der Waals surface area contributed by atoms with E-state index in [4.69, 9.17) is 0 Å². The van der Waals surface area contributed by atoms with Gasteiger partial charge in [-0.1, -0.05) is 6.07 Å². The lowest BCUT2D eigenvalue weighted by atomic mass is 10.2. The number of hydrogen-bond donors (Lipinski definition) is 3. The number of amides is 2. The summed E-state index contributed by atoms with van der Waals surface area (Å²) in [5.74, 6) is -0.810. The summed E-state index contributed by atoms with van der Waals surface area (Å²) >= 11 is 1.14. The molecule has 1 aromatic carbocycles. The summed E-state index contributed by atoms with van der Waals surface area (Å²) in [6, 6.07) is 8.26. The molecule has 0 bridgehead atoms. The Labute approximate surface area is 191 Å². The van der Waals surface area contributed by atoms with Gasteiger partial charge in [0, 0.05) is 37.8 Å². The third-order valence-corrected chi connectivity index (χ3v) is 6.59. The van der Waals surface area contributed by atoms with Crippen molar-refractivity contribution in [3.63, 3.8) is 0 Å². The Hall–Kier alpha value is -3.73. The van der Waals surface area contributed by atoms with E-state index in [9.17, 15) is 23.6 Å². The monoisotopic (exact) mass is 471 g/mol. The standard InChI is InChI=1S/C22H22FN5O4S/c1-12-8-17(26-20(30)13-4-3-5-14(23)9-13)33-19(12)21(31)24-15-6-7-28(11-15)16-10-18(29)27(2)22(32)25-16/h3-5,8-10,15H,6-7,11H2,1-2H3,(H,24,31)(H,25,32)(H,26,30). The van der Waals surface area contributed by atoms with E-state index in [1.54, 1.807) is 13.0 Å². The largest absolute Gasteiger partial charge is 0.356 e. The van der Waals surface area contributed by atoms with Gasteiger partial charge in [-0.15, -0.1) is 11.3 Å². The highest BCUT2D eigenvalue weighted by molar-refractivity contribution is 7.18. The minimum absolute atomic E-state index is 0.170. The predicted octanol–water partition coefficient (Wildman–Crippen LogP) is 1.84. The molecule has 172 valence electrons. The molecule has 1 atom stereocenters. The molecular weight excluding hydrogens is 449 g/mol. The third-order valence-electron chi connectivity index (χ3n) is 5.44. The number of nitrogens with zero attached hydrogens (tertiary/aromatic N) is 2. The maximum atomic E-state index is 13.4. The molecule has 1 unspecified atom stereocenters. The topological polar surface area (TPSA) is 116 Å². The minimum atomic E-state index is -0.504. The Bertz CT molecular complexity index is 1310. The molecule has 3 N–H and O–H groups in total. The molecule has 11 heteroatoms. The predicted molar refractivity (Wildman–Crippen MR) is 124 cm³/mol. The molecule has 4 rings (SSSR count). The van der Waals surface area contributed by atoms with E-state index in [1.807, 2.05) is 4.90 Å². The van der Waals surface area contributed by atoms with Crippen molar-refractivity contribution >= 4 is 34.0 Å². The van der Waals surface area contributed by atoms with Crippen molar-refractivity contribution < 1.29 is 14.0 Å². The van der Waals surface area contributed by atoms with E-state index in [0.29, 0.717) is 40.8 Å². The molecule has 1 fully saturated rings. The zero-order chi connectivity index (χ0) is 23.7. The van der Waals surface area contributed by atoms with Crippen molar-refractivity contribution in [1.82, 2.24) is 14.9 Å². The Morgan fingerprint density at radius 2 is 1.97 bits per heavy atom. The van der Waals surface area contributed by atoms with E-state index in [0.717, 1.165) is 22.0 Å². The van der Waals surface area contributed by atoms with E-state index in [1.165, 1.54) is 31.3 Å². The number of H-pyrrole nitrogens is 1. The van der Waals surface area contributed by atoms with Gasteiger partial charge in [-0.2, -0.15) is 0 Å². The first kappa shape index (κ1) is 22.5. The van der Waals surface area contributed by atoms with Crippen LogP contribution in [0.2, 0.25) is 0 Å². The van der Waals surface area contributed by atoms with Gasteiger partial charge in [0.15, 0.2) is 0 Å². The summed E-state index contributed by atoms with van der Waals surface area (Å²) in [7, 11) is 1.40. The molecule has 2 amide bonds. The van der Waals surface area contributed by atoms with Gasteiger partial charge in [-0.3, -0.25) is 23.9 Å². The number of carbonyl (C=O) groups is 2. The van der Waals surface area contributed by atoms with Crippen LogP contribution < -0.4 is 26.8 Å². The summed E-state index contributed by atoms with van der Waals surface area (Å²) in [6.07, 6.45) is 0.649. The van der Waals surface area contributed by atoms with Crippen LogP contribution in [0, 0.1) is 12.7 Å². The van der Waals surface area contributed by atoms with Crippen LogP contribution in [0.4, 0.5) is 15.2 Å². The SMILES string of the molecule is Cc1cc(NC(=O)c2cccc(F)c2)sc1C(=O)NC1CCN(c2cc(=O)n(C)c(=O)[nH]2)C1. The highest BCUT2D eigenvalue weighted by atomic mass is 32.1. The number of aryl methyl sites for hydroxylation is 1. The minimum Gasteiger partial charge on any atom is -0.356 e. The van der Waals surface area contributed by atoms with Crippen molar-refractivity contribution in [3.05, 3.63) is 79.1 Å². The first-order chi connectivity index (χ1) is 15.7. The molecule has 0 spiro atoms. The molecule has 2 aromatic heterocycles. The van der Waals surface area contributed by atoms with Crippen molar-refractivity contribution in [2.75, 3.05) is 23.3 Å². The Morgan fingerprint density at radius 3 is 2.70 bits per heavy atom. The summed E-state index contributed by atoms with van der Waals surface area (Å²) < 4.78 is 14.3. The molecule has 1 aliphatic heterocycles. The van der Waals surface area contributed by atoms with Gasteiger partial charge >= 0.3 is 5.69 Å². The maximum absolute atomic E-state index is 13.4. The van der Waals surface area contributed by atoms with Crippen LogP contribution in [0.5, 0.6) is 0 Å². The number of nitrogens with one attached hydrogen (secondary N) is 3. The van der Waals surface area contributed by atoms with Gasteiger partial charge in [-0.25, -0.2) is 9.18 Å². The van der Waals surface area contributed by atoms with Gasteiger partial charge in [0.25, 0.3) is 17.4 Å². The van der Waals surface area contributed by atoms with Gasteiger partial charge in [0.1, 0.15) is 11.6 Å². The van der Waals surface area contributed by atoms with Crippen molar-refractivity contribution in [1.29, 1.82) is 0 Å². The van der Waals surface area contributed by atoms with E-state index in [2.05, 4.69) is 15.6 Å². The van der Waals surface area contributed by atoms with Gasteiger partial charge in [0.2, 0.25) is 0 Å². The van der Waals surface area contributed by atoms with E-state index in [-0.39, 0.29) is 17.5 Å². The lowest BCUT2D eigenvalue weighted by Crippen LogP contribution is -2.38. The maximum Gasteiger partial charge on any atom is 0.329 e. The molecule has 9 nitrogen and oxygen atoms in total. The lowest BCUT2D eigenvalue weighted by Gasteiger charge is -2.18. The zero-order valence-corrected chi connectivity index (χ0v) is 18.8. The number of carbonyl (C=O) groups excluding carboxylic acids is 2. The van der Waals surface area contributed by atoms with Crippen molar-refractivity contribution in [2.45, 2.75) is 19.4 Å². The molecule has 3 aromatic rings. The fourth-order valence-corrected chi connectivity index (χ4v) is 4.62. The summed E-state index contributed by atoms with van der Waals surface area (Å²) in [6.45, 7) is 2.80. The van der Waals surface area contributed by atoms with Gasteiger partial charge < -0.3 is 15.5 Å². The van der Waals surface area contributed by atoms with Gasteiger partial charge in [-0.05, 0) is 43.2 Å². The number of aromatic nitrogens is 2. The fraction of sp³-hybridized carbons (Fsp3) is 0.273. The Morgan fingerprint density at radius 1 is 1.18 bits per heavy atom. The van der Waals surface area contributed by atoms with Gasteiger partial charge in [0.05, 0.1) is 9.88 Å². The molecule has 0 radical (unpaired) electrons. The molecule has 3 heterocycles. The summed E-state index contributed by atoms with van der Waals surface area (Å²) in [5, 5.41) is 6.16. The average Bonchev–Trinajstić information content (AvgIpc) is 3.38. The van der Waals surface area contributed by atoms with Crippen LogP contribution in [0.25, 0.3) is 0 Å². The highest BCUT2D eigenvalue weighted by Crippen LogP contribution is 2.27. The summed E-state index contributed by atoms with van der Waals surface area (Å²) in [4.78, 5) is 53.9. The van der Waals surface area contributed by atoms with Crippen LogP contribution in [0.1, 0.15) is 32.0 Å². The van der Waals surface area contributed by atoms with Crippen LogP contribution in [0.15, 0.2) is 46.0 Å². The number of thiophene rings is 1. The van der Waals surface area contributed by atoms with E-state index >= 15 is 0 Å². The third kappa shape index (κ3) is 4.87. The normalized spacial score (nSPS) is 15.5. The van der Waals surface area contributed by atoms with Crippen LogP contribution in [-0.2, 0) is 7.05 Å². The molecule has 1 saturated heterocycles. The first-order valence-electron chi connectivity index (χ1n) is 10.2. The number of halogens is 1. The summed E-state index contributed by atoms with van der Waals surface area (Å²) in [5.41, 5.74) is -0.0000517. The Kier molecular flexibility index (Phi) is 6.14. The molecular formula is C22H22FN5O4S. The number of rotatable bonds is 5. The second kappa shape index (κ2) is 9.02. The van der Waals surface area contributed by atoms with E-state index < -0.39 is 23.0 Å². The average molecular weight is 472 g/mol. The quantitative estimate of drug-likeness (QED) is 0.525. The second-order valence-electron chi connectivity index (χ2n) is 7.85.